The van der Waals surface area contributed by atoms with Gasteiger partial charge in [-0.25, -0.2) is 19.6 Å². The number of aromatic nitrogens is 4. The van der Waals surface area contributed by atoms with Gasteiger partial charge in [0.1, 0.15) is 11.4 Å². The van der Waals surface area contributed by atoms with Gasteiger partial charge in [0.15, 0.2) is 0 Å². The number of hydrogen-bond acceptors (Lipinski definition) is 6. The number of fused-ring (bicyclic) bond motifs is 6. The Morgan fingerprint density at radius 1 is 0.509 bits per heavy atom. The molecule has 0 unspecified atom stereocenters. The summed E-state index contributed by atoms with van der Waals surface area (Å²) in [5.41, 5.74) is 8.78. The Balaban J connectivity index is 0.873. The van der Waals surface area contributed by atoms with Gasteiger partial charge in [0.2, 0.25) is 0 Å². The summed E-state index contributed by atoms with van der Waals surface area (Å²) < 4.78 is 15.8. The van der Waals surface area contributed by atoms with Crippen LogP contribution in [0.3, 0.4) is 0 Å². The lowest BCUT2D eigenvalue weighted by atomic mass is 10.1. The Hall–Kier alpha value is -6.28. The molecule has 4 aromatic heterocycles. The van der Waals surface area contributed by atoms with Gasteiger partial charge in [0, 0.05) is 45.7 Å². The third kappa shape index (κ3) is 6.76. The van der Waals surface area contributed by atoms with Crippen molar-refractivity contribution in [2.24, 2.45) is 0 Å². The van der Waals surface area contributed by atoms with Crippen LogP contribution < -0.4 is 0 Å². The van der Waals surface area contributed by atoms with Crippen molar-refractivity contribution in [3.63, 3.8) is 0 Å². The van der Waals surface area contributed by atoms with Crippen LogP contribution in [-0.4, -0.2) is 44.3 Å². The number of hydrogen-bond donors (Lipinski definition) is 0. The molecule has 0 N–H and O–H groups in total. The predicted molar refractivity (Wildman–Crippen MR) is 209 cm³/mol. The van der Waals surface area contributed by atoms with Crippen molar-refractivity contribution in [1.82, 2.24) is 19.1 Å². The Morgan fingerprint density at radius 2 is 0.906 bits per heavy atom. The minimum absolute atomic E-state index is 0.256. The summed E-state index contributed by atoms with van der Waals surface area (Å²) in [7, 11) is 0. The van der Waals surface area contributed by atoms with E-state index < -0.39 is 11.9 Å². The normalized spacial score (nSPS) is 11.5. The molecule has 8 rings (SSSR count). The topological polar surface area (TPSA) is 88.2 Å². The van der Waals surface area contributed by atoms with Crippen molar-refractivity contribution < 1.29 is 19.1 Å². The minimum atomic E-state index is -0.441. The van der Waals surface area contributed by atoms with Crippen LogP contribution in [0.1, 0.15) is 62.8 Å². The summed E-state index contributed by atoms with van der Waals surface area (Å²) in [6.07, 6.45) is 2.02. The molecule has 8 aromatic rings. The molecule has 0 spiro atoms. The zero-order valence-electron chi connectivity index (χ0n) is 29.9. The van der Waals surface area contributed by atoms with E-state index in [0.717, 1.165) is 61.4 Å². The molecule has 4 heterocycles. The molecule has 0 bridgehead atoms. The van der Waals surface area contributed by atoms with Crippen molar-refractivity contribution in [2.75, 3.05) is 13.2 Å². The average molecular weight is 701 g/mol. The molecule has 8 nitrogen and oxygen atoms in total. The van der Waals surface area contributed by atoms with E-state index in [2.05, 4.69) is 67.6 Å². The fraction of sp³-hybridized carbons (Fsp3) is 0.200. The molecular weight excluding hydrogens is 661 g/mol. The Bertz CT molecular complexity index is 2430. The van der Waals surface area contributed by atoms with Crippen molar-refractivity contribution >= 4 is 55.6 Å². The SMILES string of the molecule is Cc1nc(C(=O)OCCCCCOC(=O)c2cc3c4ccccc4n(Cc4ccccc4)c3c(C)n2)cc2c3ccccc3n(Cc3ccccc3)c12. The molecule has 0 aliphatic heterocycles. The van der Waals surface area contributed by atoms with Gasteiger partial charge in [-0.2, -0.15) is 0 Å². The Labute approximate surface area is 307 Å². The smallest absolute Gasteiger partial charge is 0.356 e. The first kappa shape index (κ1) is 33.8. The lowest BCUT2D eigenvalue weighted by Gasteiger charge is -2.11. The number of pyridine rings is 2. The Kier molecular flexibility index (Phi) is 9.42. The van der Waals surface area contributed by atoms with E-state index in [0.29, 0.717) is 37.3 Å². The molecule has 0 atom stereocenters. The molecule has 53 heavy (non-hydrogen) atoms. The van der Waals surface area contributed by atoms with Gasteiger partial charge in [-0.15, -0.1) is 0 Å². The van der Waals surface area contributed by atoms with Gasteiger partial charge >= 0.3 is 11.9 Å². The lowest BCUT2D eigenvalue weighted by Crippen LogP contribution is -2.11. The number of ether oxygens (including phenoxy) is 2. The summed E-state index contributed by atoms with van der Waals surface area (Å²) in [6, 6.07) is 40.9. The zero-order valence-corrected chi connectivity index (χ0v) is 29.9. The first-order valence-corrected chi connectivity index (χ1v) is 18.2. The second kappa shape index (κ2) is 14.8. The molecule has 0 aliphatic rings. The molecule has 8 heteroatoms. The van der Waals surface area contributed by atoms with Crippen LogP contribution in [0.4, 0.5) is 0 Å². The molecule has 4 aromatic carbocycles. The monoisotopic (exact) mass is 700 g/mol. The van der Waals surface area contributed by atoms with E-state index in [4.69, 9.17) is 9.47 Å². The number of esters is 2. The first-order valence-electron chi connectivity index (χ1n) is 18.2. The van der Waals surface area contributed by atoms with Crippen molar-refractivity contribution in [2.45, 2.75) is 46.2 Å². The largest absolute Gasteiger partial charge is 0.461 e. The number of unbranched alkanes of at least 4 members (excludes halogenated alkanes) is 2. The second-order valence-corrected chi connectivity index (χ2v) is 13.5. The van der Waals surface area contributed by atoms with Gasteiger partial charge in [-0.05, 0) is 68.5 Å². The molecule has 264 valence electrons. The minimum Gasteiger partial charge on any atom is -0.461 e. The quantitative estimate of drug-likeness (QED) is 0.0932. The zero-order chi connectivity index (χ0) is 36.3. The molecule has 0 radical (unpaired) electrons. The molecule has 0 saturated carbocycles. The molecule has 0 amide bonds. The van der Waals surface area contributed by atoms with Crippen molar-refractivity contribution in [3.05, 3.63) is 155 Å². The average Bonchev–Trinajstić information content (AvgIpc) is 3.67. The Morgan fingerprint density at radius 3 is 1.34 bits per heavy atom. The van der Waals surface area contributed by atoms with E-state index in [1.807, 2.05) is 86.6 Å². The van der Waals surface area contributed by atoms with Crippen LogP contribution in [-0.2, 0) is 22.6 Å². The summed E-state index contributed by atoms with van der Waals surface area (Å²) >= 11 is 0. The van der Waals surface area contributed by atoms with Crippen molar-refractivity contribution in [1.29, 1.82) is 0 Å². The molecule has 0 saturated heterocycles. The summed E-state index contributed by atoms with van der Waals surface area (Å²) in [4.78, 5) is 35.6. The molecule has 0 fully saturated rings. The highest BCUT2D eigenvalue weighted by Crippen LogP contribution is 2.33. The van der Waals surface area contributed by atoms with Crippen LogP contribution in [0.25, 0.3) is 43.6 Å². The first-order chi connectivity index (χ1) is 26.0. The van der Waals surface area contributed by atoms with Crippen LogP contribution >= 0.6 is 0 Å². The third-order valence-corrected chi connectivity index (χ3v) is 9.88. The fourth-order valence-electron chi connectivity index (χ4n) is 7.47. The standard InChI is InChI=1S/C45H40N4O4/c1-30-42-36(34-20-10-12-22-40(34)48(42)28-32-16-6-3-7-17-32)26-38(46-30)44(50)52-24-14-5-15-25-53-45(51)39-27-37-35-21-11-13-23-41(35)49(43(37)31(2)47-39)29-33-18-8-4-9-19-33/h3-4,6-13,16-23,26-27H,5,14-15,24-25,28-29H2,1-2H3. The summed E-state index contributed by atoms with van der Waals surface area (Å²) in [6.45, 7) is 5.81. The summed E-state index contributed by atoms with van der Waals surface area (Å²) in [5, 5.41) is 4.12. The fourth-order valence-corrected chi connectivity index (χ4v) is 7.47. The van der Waals surface area contributed by atoms with Gasteiger partial charge in [-0.3, -0.25) is 0 Å². The van der Waals surface area contributed by atoms with E-state index in [1.54, 1.807) is 0 Å². The maximum atomic E-state index is 13.1. The second-order valence-electron chi connectivity index (χ2n) is 13.5. The highest BCUT2D eigenvalue weighted by atomic mass is 16.5. The van der Waals surface area contributed by atoms with Gasteiger partial charge in [-0.1, -0.05) is 97.1 Å². The van der Waals surface area contributed by atoms with E-state index in [9.17, 15) is 9.59 Å². The van der Waals surface area contributed by atoms with Gasteiger partial charge in [0.25, 0.3) is 0 Å². The number of nitrogens with zero attached hydrogens (tertiary/aromatic N) is 4. The van der Waals surface area contributed by atoms with E-state index in [1.165, 1.54) is 11.1 Å². The highest BCUT2D eigenvalue weighted by Gasteiger charge is 2.20. The maximum absolute atomic E-state index is 13.1. The molecular formula is C45H40N4O4. The maximum Gasteiger partial charge on any atom is 0.356 e. The van der Waals surface area contributed by atoms with Crippen LogP contribution in [0.5, 0.6) is 0 Å². The number of carbonyl (C=O) groups is 2. The van der Waals surface area contributed by atoms with Crippen LogP contribution in [0, 0.1) is 13.8 Å². The van der Waals surface area contributed by atoms with E-state index >= 15 is 0 Å². The van der Waals surface area contributed by atoms with Gasteiger partial charge in [0.05, 0.1) is 35.6 Å². The predicted octanol–water partition coefficient (Wildman–Crippen LogP) is 9.59. The number of carbonyl (C=O) groups excluding carboxylic acids is 2. The number of benzene rings is 4. The number of aryl methyl sites for hydroxylation is 2. The van der Waals surface area contributed by atoms with Crippen LogP contribution in [0.15, 0.2) is 121 Å². The lowest BCUT2D eigenvalue weighted by molar-refractivity contribution is 0.0471. The van der Waals surface area contributed by atoms with Crippen molar-refractivity contribution in [3.8, 4) is 0 Å². The van der Waals surface area contributed by atoms with E-state index in [-0.39, 0.29) is 13.2 Å². The number of rotatable bonds is 12. The molecule has 0 aliphatic carbocycles. The summed E-state index contributed by atoms with van der Waals surface area (Å²) in [5.74, 6) is -0.883. The highest BCUT2D eigenvalue weighted by molar-refractivity contribution is 6.11. The van der Waals surface area contributed by atoms with Gasteiger partial charge < -0.3 is 18.6 Å². The number of para-hydroxylation sites is 2. The van der Waals surface area contributed by atoms with Crippen LogP contribution in [0.2, 0.25) is 0 Å². The third-order valence-electron chi connectivity index (χ3n) is 9.88.